The van der Waals surface area contributed by atoms with Gasteiger partial charge in [-0.2, -0.15) is 0 Å². The Morgan fingerprint density at radius 1 is 1.15 bits per heavy atom. The minimum atomic E-state index is -1.24. The third kappa shape index (κ3) is 7.09. The zero-order valence-corrected chi connectivity index (χ0v) is 29.1. The van der Waals surface area contributed by atoms with Crippen molar-refractivity contribution in [1.29, 1.82) is 0 Å². The van der Waals surface area contributed by atoms with E-state index in [1.807, 2.05) is 42.5 Å². The Morgan fingerprint density at radius 2 is 1.90 bits per heavy atom. The first-order valence-corrected chi connectivity index (χ1v) is 17.8. The minimum Gasteiger partial charge on any atom is -0.460 e. The number of aliphatic hydroxyl groups excluding tert-OH is 1. The van der Waals surface area contributed by atoms with Gasteiger partial charge in [0.2, 0.25) is 11.8 Å². The second-order valence-corrected chi connectivity index (χ2v) is 14.2. The van der Waals surface area contributed by atoms with E-state index in [1.54, 1.807) is 28.9 Å². The summed E-state index contributed by atoms with van der Waals surface area (Å²) >= 11 is 3.72. The highest BCUT2D eigenvalue weighted by atomic mass is 79.9. The highest BCUT2D eigenvalue weighted by Crippen LogP contribution is 2.60. The topological polar surface area (TPSA) is 125 Å². The van der Waals surface area contributed by atoms with Gasteiger partial charge in [-0.1, -0.05) is 71.3 Å². The number of ether oxygens (including phenoxy) is 2. The molecule has 10 nitrogen and oxygen atoms in total. The summed E-state index contributed by atoms with van der Waals surface area (Å²) in [5.41, 5.74) is -0.558. The number of nitrogens with one attached hydrogen (secondary N) is 1. The molecule has 3 amide bonds. The van der Waals surface area contributed by atoms with Crippen LogP contribution < -0.4 is 10.2 Å². The molecule has 48 heavy (non-hydrogen) atoms. The summed E-state index contributed by atoms with van der Waals surface area (Å²) in [6.07, 6.45) is 6.11. The number of allylic oxidation sites excluding steroid dienone is 1. The van der Waals surface area contributed by atoms with Crippen molar-refractivity contribution < 1.29 is 33.8 Å². The number of rotatable bonds is 17. The SMILES string of the molecule is C=CCCC(=O)NC[C@@H](C)OC(=O)[C@H]1[C@@H]2O[C@@]3(CC2Br)[C@@H]1C(=O)N(CCCCCCO)[C@@H]3C(=O)N(CC=C)c1ccc2ccccc2c1. The maximum Gasteiger partial charge on any atom is 0.312 e. The van der Waals surface area contributed by atoms with Crippen LogP contribution in [0.25, 0.3) is 10.8 Å². The van der Waals surface area contributed by atoms with E-state index in [4.69, 9.17) is 9.47 Å². The van der Waals surface area contributed by atoms with Crippen LogP contribution in [-0.4, -0.2) is 88.6 Å². The lowest BCUT2D eigenvalue weighted by atomic mass is 9.70. The van der Waals surface area contributed by atoms with Crippen molar-refractivity contribution in [2.45, 2.75) is 80.5 Å². The average Bonchev–Trinajstić information content (AvgIpc) is 3.67. The molecule has 1 spiro atoms. The van der Waals surface area contributed by atoms with E-state index in [2.05, 4.69) is 34.4 Å². The Balaban J connectivity index is 1.44. The summed E-state index contributed by atoms with van der Waals surface area (Å²) in [6.45, 7) is 9.99. The lowest BCUT2D eigenvalue weighted by molar-refractivity contribution is -0.159. The number of carbonyl (C=O) groups is 4. The number of fused-ring (bicyclic) bond motifs is 2. The van der Waals surface area contributed by atoms with Gasteiger partial charge >= 0.3 is 5.97 Å². The first-order valence-electron chi connectivity index (χ1n) is 16.9. The van der Waals surface area contributed by atoms with Gasteiger partial charge in [0.1, 0.15) is 17.7 Å². The number of likely N-dealkylation sites (tertiary alicyclic amines) is 1. The molecular formula is C37H46BrN3O7. The highest BCUT2D eigenvalue weighted by Gasteiger charge is 2.77. The fraction of sp³-hybridized carbons (Fsp3) is 0.514. The summed E-state index contributed by atoms with van der Waals surface area (Å²) in [4.78, 5) is 58.3. The number of aliphatic hydroxyl groups is 1. The highest BCUT2D eigenvalue weighted by molar-refractivity contribution is 9.09. The van der Waals surface area contributed by atoms with Crippen LogP contribution in [0.2, 0.25) is 0 Å². The quantitative estimate of drug-likeness (QED) is 0.105. The number of alkyl halides is 1. The third-order valence-corrected chi connectivity index (χ3v) is 10.5. The maximum atomic E-state index is 14.9. The molecule has 3 saturated heterocycles. The molecule has 1 unspecified atom stereocenters. The molecule has 0 radical (unpaired) electrons. The van der Waals surface area contributed by atoms with Gasteiger partial charge in [0.25, 0.3) is 5.91 Å². The summed E-state index contributed by atoms with van der Waals surface area (Å²) in [6, 6.07) is 12.8. The monoisotopic (exact) mass is 723 g/mol. The number of halogens is 1. The second-order valence-electron chi connectivity index (χ2n) is 13.0. The molecule has 3 aliphatic rings. The lowest BCUT2D eigenvalue weighted by Gasteiger charge is -2.37. The number of unbranched alkanes of at least 4 members (excludes halogenated alkanes) is 3. The van der Waals surface area contributed by atoms with Gasteiger partial charge in [0.05, 0.1) is 24.5 Å². The molecule has 3 fully saturated rings. The molecule has 0 saturated carbocycles. The number of hydrogen-bond donors (Lipinski definition) is 2. The Morgan fingerprint density at radius 3 is 2.62 bits per heavy atom. The molecule has 2 N–H and O–H groups in total. The Hall–Kier alpha value is -3.54. The molecule has 2 bridgehead atoms. The zero-order valence-electron chi connectivity index (χ0n) is 27.5. The van der Waals surface area contributed by atoms with Crippen LogP contribution in [0, 0.1) is 11.8 Å². The number of benzene rings is 2. The normalized spacial score (nSPS) is 26.3. The lowest BCUT2D eigenvalue weighted by Crippen LogP contribution is -2.57. The van der Waals surface area contributed by atoms with Crippen molar-refractivity contribution in [2.24, 2.45) is 11.8 Å². The number of carbonyl (C=O) groups excluding carboxylic acids is 4. The van der Waals surface area contributed by atoms with Crippen LogP contribution in [0.5, 0.6) is 0 Å². The molecule has 7 atom stereocenters. The van der Waals surface area contributed by atoms with Gasteiger partial charge in [-0.25, -0.2) is 0 Å². The van der Waals surface area contributed by atoms with Gasteiger partial charge in [0, 0.05) is 36.6 Å². The summed E-state index contributed by atoms with van der Waals surface area (Å²) in [7, 11) is 0. The van der Waals surface area contributed by atoms with Crippen LogP contribution in [0.4, 0.5) is 5.69 Å². The van der Waals surface area contributed by atoms with Gasteiger partial charge in [0.15, 0.2) is 0 Å². The first kappa shape index (κ1) is 35.8. The largest absolute Gasteiger partial charge is 0.460 e. The van der Waals surface area contributed by atoms with Crippen LogP contribution in [0.15, 0.2) is 67.8 Å². The Kier molecular flexibility index (Phi) is 11.8. The summed E-state index contributed by atoms with van der Waals surface area (Å²) in [5, 5.41) is 14.0. The number of amides is 3. The number of esters is 1. The number of anilines is 1. The van der Waals surface area contributed by atoms with Crippen molar-refractivity contribution in [1.82, 2.24) is 10.2 Å². The smallest absolute Gasteiger partial charge is 0.312 e. The predicted molar refractivity (Wildman–Crippen MR) is 187 cm³/mol. The zero-order chi connectivity index (χ0) is 34.4. The molecule has 0 aromatic heterocycles. The molecule has 258 valence electrons. The van der Waals surface area contributed by atoms with Crippen molar-refractivity contribution in [3.8, 4) is 0 Å². The van der Waals surface area contributed by atoms with E-state index in [-0.39, 0.29) is 42.2 Å². The van der Waals surface area contributed by atoms with E-state index in [0.29, 0.717) is 44.3 Å². The molecule has 2 aromatic carbocycles. The Bertz CT molecular complexity index is 1530. The molecule has 3 aliphatic heterocycles. The number of hydrogen-bond acceptors (Lipinski definition) is 7. The van der Waals surface area contributed by atoms with E-state index in [1.165, 1.54) is 0 Å². The molecular weight excluding hydrogens is 678 g/mol. The molecule has 0 aliphatic carbocycles. The fourth-order valence-electron chi connectivity index (χ4n) is 7.51. The predicted octanol–water partition coefficient (Wildman–Crippen LogP) is 4.67. The standard InChI is InChI=1S/C37H46BrN3O7/c1-4-6-15-29(43)39-23-24(3)47-36(46)30-31-34(44)41(19-11-7-8-12-20-42)33(37(31)22-28(38)32(30)48-37)35(45)40(18-5-2)27-17-16-25-13-9-10-14-26(25)21-27/h4-5,9-10,13-14,16-17,21,24,28,30-33,42H,1-2,6-8,11-12,15,18-20,22-23H2,3H3,(H,39,43)/t24-,28?,30-,31+,32-,33-,37+/m1/s1. The van der Waals surface area contributed by atoms with Gasteiger partial charge in [-0.15, -0.1) is 13.2 Å². The van der Waals surface area contributed by atoms with E-state index in [9.17, 15) is 24.3 Å². The van der Waals surface area contributed by atoms with Crippen molar-refractivity contribution in [3.63, 3.8) is 0 Å². The van der Waals surface area contributed by atoms with E-state index >= 15 is 0 Å². The van der Waals surface area contributed by atoms with Crippen LogP contribution in [0.1, 0.15) is 51.9 Å². The molecule has 5 rings (SSSR count). The van der Waals surface area contributed by atoms with Crippen molar-refractivity contribution >= 4 is 56.1 Å². The summed E-state index contributed by atoms with van der Waals surface area (Å²) in [5.74, 6) is -3.14. The third-order valence-electron chi connectivity index (χ3n) is 9.70. The molecule has 11 heteroatoms. The fourth-order valence-corrected chi connectivity index (χ4v) is 8.45. The van der Waals surface area contributed by atoms with Gasteiger partial charge in [-0.3, -0.25) is 19.2 Å². The van der Waals surface area contributed by atoms with Crippen LogP contribution in [-0.2, 0) is 28.7 Å². The molecule has 3 heterocycles. The van der Waals surface area contributed by atoms with E-state index in [0.717, 1.165) is 23.6 Å². The van der Waals surface area contributed by atoms with Crippen molar-refractivity contribution in [2.75, 3.05) is 31.1 Å². The van der Waals surface area contributed by atoms with Crippen LogP contribution >= 0.6 is 15.9 Å². The second kappa shape index (κ2) is 15.8. The number of nitrogens with zero attached hydrogens (tertiary/aromatic N) is 2. The Labute approximate surface area is 290 Å². The van der Waals surface area contributed by atoms with Crippen LogP contribution in [0.3, 0.4) is 0 Å². The van der Waals surface area contributed by atoms with Gasteiger partial charge in [-0.05, 0) is 55.5 Å². The average molecular weight is 725 g/mol. The maximum absolute atomic E-state index is 14.9. The van der Waals surface area contributed by atoms with E-state index < -0.39 is 41.7 Å². The first-order chi connectivity index (χ1) is 23.2. The molecule has 2 aromatic rings. The minimum absolute atomic E-state index is 0.0970. The van der Waals surface area contributed by atoms with Crippen molar-refractivity contribution in [3.05, 3.63) is 67.8 Å². The van der Waals surface area contributed by atoms with Gasteiger partial charge < -0.3 is 29.7 Å². The summed E-state index contributed by atoms with van der Waals surface area (Å²) < 4.78 is 12.5.